The van der Waals surface area contributed by atoms with Gasteiger partial charge in [0.15, 0.2) is 11.5 Å². The van der Waals surface area contributed by atoms with Gasteiger partial charge in [0.05, 0.1) is 31.4 Å². The van der Waals surface area contributed by atoms with E-state index >= 15 is 4.39 Å². The molecule has 1 amide bonds. The average molecular weight is 571 g/mol. The molecule has 0 bridgehead atoms. The van der Waals surface area contributed by atoms with Crippen molar-refractivity contribution < 1.29 is 23.4 Å². The highest BCUT2D eigenvalue weighted by Gasteiger charge is 2.31. The zero-order valence-corrected chi connectivity index (χ0v) is 22.6. The predicted molar refractivity (Wildman–Crippen MR) is 152 cm³/mol. The smallest absolute Gasteiger partial charge is 0.246 e. The van der Waals surface area contributed by atoms with Gasteiger partial charge in [-0.25, -0.2) is 19.3 Å². The Balaban J connectivity index is 1.21. The van der Waals surface area contributed by atoms with Gasteiger partial charge in [-0.2, -0.15) is 0 Å². The van der Waals surface area contributed by atoms with Crippen molar-refractivity contribution in [2.45, 2.75) is 6.10 Å². The Morgan fingerprint density at radius 1 is 1.07 bits per heavy atom. The molecule has 2 aromatic carbocycles. The number of likely N-dealkylation sites (tertiary alicyclic amines) is 1. The number of amides is 1. The van der Waals surface area contributed by atoms with Crippen LogP contribution in [0.1, 0.15) is 0 Å². The predicted octanol–water partition coefficient (Wildman–Crippen LogP) is 5.61. The summed E-state index contributed by atoms with van der Waals surface area (Å²) in [6.07, 6.45) is 5.78. The summed E-state index contributed by atoms with van der Waals surface area (Å²) >= 11 is 1.47. The fourth-order valence-electron chi connectivity index (χ4n) is 4.28. The molecular weight excluding hydrogens is 547 g/mol. The van der Waals surface area contributed by atoms with E-state index in [1.165, 1.54) is 36.9 Å². The Morgan fingerprint density at radius 2 is 1.93 bits per heavy atom. The van der Waals surface area contributed by atoms with Crippen LogP contribution in [0, 0.1) is 5.82 Å². The molecule has 1 saturated heterocycles. The van der Waals surface area contributed by atoms with E-state index in [1.807, 2.05) is 5.38 Å². The molecule has 41 heavy (non-hydrogen) atoms. The highest BCUT2D eigenvalue weighted by atomic mass is 32.1. The third-order valence-corrected chi connectivity index (χ3v) is 7.16. The summed E-state index contributed by atoms with van der Waals surface area (Å²) in [6.45, 7) is 4.39. The maximum atomic E-state index is 15.2. The first-order valence-electron chi connectivity index (χ1n) is 12.5. The number of anilines is 2. The summed E-state index contributed by atoms with van der Waals surface area (Å²) in [5, 5.41) is 6.29. The topological polar surface area (TPSA) is 112 Å². The number of halogens is 1. The molecule has 0 aliphatic carbocycles. The van der Waals surface area contributed by atoms with Crippen LogP contribution in [0.4, 0.5) is 15.9 Å². The van der Waals surface area contributed by atoms with Gasteiger partial charge in [0.25, 0.3) is 0 Å². The van der Waals surface area contributed by atoms with Gasteiger partial charge in [-0.15, -0.1) is 11.3 Å². The molecule has 0 atom stereocenters. The lowest BCUT2D eigenvalue weighted by molar-refractivity contribution is -0.134. The van der Waals surface area contributed by atoms with Crippen LogP contribution < -0.4 is 19.5 Å². The van der Waals surface area contributed by atoms with Crippen molar-refractivity contribution in [1.82, 2.24) is 24.8 Å². The van der Waals surface area contributed by atoms with Gasteiger partial charge in [-0.3, -0.25) is 9.78 Å². The molecule has 10 nitrogen and oxygen atoms in total. The number of nitrogens with one attached hydrogen (secondary N) is 1. The van der Waals surface area contributed by atoms with Crippen LogP contribution in [-0.2, 0) is 4.79 Å². The summed E-state index contributed by atoms with van der Waals surface area (Å²) in [4.78, 5) is 30.6. The molecule has 206 valence electrons. The van der Waals surface area contributed by atoms with Crippen LogP contribution in [0.2, 0.25) is 0 Å². The fourth-order valence-corrected chi connectivity index (χ4v) is 4.89. The van der Waals surface area contributed by atoms with Crippen molar-refractivity contribution in [2.24, 2.45) is 0 Å². The second-order valence-electron chi connectivity index (χ2n) is 9.01. The number of carbonyl (C=O) groups is 1. The molecular formula is C29H23FN6O4S. The minimum absolute atomic E-state index is 0.144. The molecule has 0 saturated carbocycles. The first-order chi connectivity index (χ1) is 20.0. The number of nitrogens with zero attached hydrogens (tertiary/aromatic N) is 5. The van der Waals surface area contributed by atoms with Gasteiger partial charge in [-0.1, -0.05) is 6.58 Å². The van der Waals surface area contributed by atoms with Crippen LogP contribution in [-0.4, -0.2) is 57.0 Å². The normalized spacial score (nSPS) is 13.0. The number of rotatable bonds is 9. The molecule has 0 spiro atoms. The SMILES string of the molecule is C=CC(=O)N1CC(Oc2cc3c(Nc4ccc(Oc5ccnc(-c6nccs6)c5)cc4F)ncnc3cc2OC)C1. The van der Waals surface area contributed by atoms with E-state index in [1.54, 1.807) is 53.7 Å². The molecule has 1 N–H and O–H groups in total. The highest BCUT2D eigenvalue weighted by Crippen LogP contribution is 2.37. The number of carbonyl (C=O) groups excluding carboxylic acids is 1. The third-order valence-electron chi connectivity index (χ3n) is 6.36. The van der Waals surface area contributed by atoms with E-state index in [0.717, 1.165) is 5.01 Å². The van der Waals surface area contributed by atoms with E-state index in [4.69, 9.17) is 14.2 Å². The number of aromatic nitrogens is 4. The lowest BCUT2D eigenvalue weighted by atomic mass is 10.1. The van der Waals surface area contributed by atoms with Gasteiger partial charge < -0.3 is 24.4 Å². The minimum atomic E-state index is -0.533. The lowest BCUT2D eigenvalue weighted by Gasteiger charge is -2.38. The van der Waals surface area contributed by atoms with E-state index in [0.29, 0.717) is 58.5 Å². The molecule has 1 aliphatic heterocycles. The van der Waals surface area contributed by atoms with Crippen molar-refractivity contribution in [2.75, 3.05) is 25.5 Å². The minimum Gasteiger partial charge on any atom is -0.493 e. The van der Waals surface area contributed by atoms with Crippen molar-refractivity contribution in [3.8, 4) is 33.7 Å². The summed E-state index contributed by atoms with van der Waals surface area (Å²) in [7, 11) is 1.54. The third kappa shape index (κ3) is 5.50. The van der Waals surface area contributed by atoms with Crippen LogP contribution >= 0.6 is 11.3 Å². The van der Waals surface area contributed by atoms with E-state index in [2.05, 4.69) is 31.8 Å². The number of thiazole rings is 1. The second-order valence-corrected chi connectivity index (χ2v) is 9.91. The highest BCUT2D eigenvalue weighted by molar-refractivity contribution is 7.13. The number of pyridine rings is 1. The number of hydrogen-bond donors (Lipinski definition) is 1. The van der Waals surface area contributed by atoms with E-state index in [9.17, 15) is 4.79 Å². The first kappa shape index (κ1) is 26.1. The van der Waals surface area contributed by atoms with Crippen LogP contribution in [0.5, 0.6) is 23.0 Å². The molecule has 1 aliphatic rings. The van der Waals surface area contributed by atoms with Crippen molar-refractivity contribution in [3.63, 3.8) is 0 Å². The first-order valence-corrected chi connectivity index (χ1v) is 13.4. The van der Waals surface area contributed by atoms with E-state index < -0.39 is 5.82 Å². The summed E-state index contributed by atoms with van der Waals surface area (Å²) in [6, 6.07) is 11.4. The van der Waals surface area contributed by atoms with Gasteiger partial charge >= 0.3 is 0 Å². The number of hydrogen-bond acceptors (Lipinski definition) is 10. The molecule has 5 aromatic rings. The Kier molecular flexibility index (Phi) is 7.13. The standard InChI is InChI=1S/C29H23FN6O4S/c1-3-27(37)36-14-19(15-36)40-26-12-20-23(13-25(26)38-2)33-16-34-28(20)35-22-5-4-17(10-21(22)30)39-18-6-7-31-24(11-18)29-32-8-9-41-29/h3-13,16,19H,1,14-15H2,2H3,(H,33,34,35). The average Bonchev–Trinajstić information content (AvgIpc) is 3.51. The Labute approximate surface area is 238 Å². The number of fused-ring (bicyclic) bond motifs is 1. The Morgan fingerprint density at radius 3 is 2.68 bits per heavy atom. The largest absolute Gasteiger partial charge is 0.493 e. The molecule has 0 radical (unpaired) electrons. The molecule has 6 rings (SSSR count). The Bertz CT molecular complexity index is 1740. The molecule has 3 aromatic heterocycles. The van der Waals surface area contributed by atoms with Gasteiger partial charge in [0, 0.05) is 41.4 Å². The molecule has 0 unspecified atom stereocenters. The van der Waals surface area contributed by atoms with Crippen LogP contribution in [0.25, 0.3) is 21.6 Å². The van der Waals surface area contributed by atoms with Gasteiger partial charge in [0.2, 0.25) is 5.91 Å². The maximum Gasteiger partial charge on any atom is 0.246 e. The molecule has 1 fully saturated rings. The molecule has 12 heteroatoms. The molecule has 4 heterocycles. The lowest BCUT2D eigenvalue weighted by Crippen LogP contribution is -2.55. The number of ether oxygens (including phenoxy) is 3. The van der Waals surface area contributed by atoms with E-state index in [-0.39, 0.29) is 17.7 Å². The zero-order chi connectivity index (χ0) is 28.3. The second kappa shape index (κ2) is 11.2. The van der Waals surface area contributed by atoms with Crippen LogP contribution in [0.3, 0.4) is 0 Å². The summed E-state index contributed by atoms with van der Waals surface area (Å²) < 4.78 is 32.7. The van der Waals surface area contributed by atoms with Crippen molar-refractivity contribution in [1.29, 1.82) is 0 Å². The quantitative estimate of drug-likeness (QED) is 0.226. The Hall–Kier alpha value is -5.10. The van der Waals surface area contributed by atoms with Gasteiger partial charge in [0.1, 0.15) is 46.3 Å². The monoisotopic (exact) mass is 570 g/mol. The fraction of sp³-hybridized carbons (Fsp3) is 0.138. The van der Waals surface area contributed by atoms with Crippen molar-refractivity contribution >= 4 is 39.7 Å². The zero-order valence-electron chi connectivity index (χ0n) is 21.8. The summed E-state index contributed by atoms with van der Waals surface area (Å²) in [5.74, 6) is 1.49. The number of methoxy groups -OCH3 is 1. The van der Waals surface area contributed by atoms with Gasteiger partial charge in [-0.05, 0) is 30.3 Å². The number of benzene rings is 2. The van der Waals surface area contributed by atoms with Crippen molar-refractivity contribution in [3.05, 3.63) is 85.0 Å². The maximum absolute atomic E-state index is 15.2. The van der Waals surface area contributed by atoms with Crippen LogP contribution in [0.15, 0.2) is 79.2 Å². The summed E-state index contributed by atoms with van der Waals surface area (Å²) in [5.41, 5.74) is 1.45.